The Balaban J connectivity index is 1.76. The Labute approximate surface area is 122 Å². The van der Waals surface area contributed by atoms with Crippen LogP contribution in [0.3, 0.4) is 0 Å². The van der Waals surface area contributed by atoms with E-state index in [1.807, 2.05) is 11.8 Å². The third-order valence-corrected chi connectivity index (χ3v) is 6.44. The van der Waals surface area contributed by atoms with Gasteiger partial charge in [-0.15, -0.1) is 0 Å². The molecular weight excluding hydrogens is 284 g/mol. The van der Waals surface area contributed by atoms with Crippen LogP contribution in [0.15, 0.2) is 0 Å². The van der Waals surface area contributed by atoms with Crippen LogP contribution >= 0.6 is 23.5 Å². The molecule has 6 heteroatoms. The first-order chi connectivity index (χ1) is 9.23. The van der Waals surface area contributed by atoms with E-state index in [0.717, 1.165) is 29.4 Å². The second-order valence-electron chi connectivity index (χ2n) is 5.33. The lowest BCUT2D eigenvalue weighted by Crippen LogP contribution is -2.53. The average molecular weight is 304 g/mol. The van der Waals surface area contributed by atoms with Crippen LogP contribution in [-0.4, -0.2) is 59.0 Å². The van der Waals surface area contributed by atoms with Gasteiger partial charge in [-0.2, -0.15) is 23.5 Å². The SMILES string of the molecule is O=C1CCSC[C@H]1[C@@H](O)[C@@H]1CSCCC12OCCO2. The molecule has 0 radical (unpaired) electrons. The Hall–Kier alpha value is 0.250. The average Bonchev–Trinajstić information content (AvgIpc) is 2.88. The maximum absolute atomic E-state index is 12.0. The number of thioether (sulfide) groups is 2. The molecule has 3 aliphatic rings. The number of aliphatic hydroxyl groups excluding tert-OH is 1. The van der Waals surface area contributed by atoms with Gasteiger partial charge in [0.25, 0.3) is 0 Å². The lowest BCUT2D eigenvalue weighted by Gasteiger charge is -2.43. The lowest BCUT2D eigenvalue weighted by molar-refractivity contribution is -0.217. The van der Waals surface area contributed by atoms with E-state index in [2.05, 4.69) is 0 Å². The van der Waals surface area contributed by atoms with E-state index in [4.69, 9.17) is 9.47 Å². The fourth-order valence-electron chi connectivity index (χ4n) is 3.16. The summed E-state index contributed by atoms with van der Waals surface area (Å²) >= 11 is 3.58. The van der Waals surface area contributed by atoms with Gasteiger partial charge in [0.2, 0.25) is 0 Å². The molecule has 0 saturated carbocycles. The van der Waals surface area contributed by atoms with Crippen LogP contribution in [-0.2, 0) is 14.3 Å². The van der Waals surface area contributed by atoms with Crippen molar-refractivity contribution in [3.63, 3.8) is 0 Å². The van der Waals surface area contributed by atoms with E-state index in [1.54, 1.807) is 11.8 Å². The monoisotopic (exact) mass is 304 g/mol. The molecule has 3 heterocycles. The predicted molar refractivity (Wildman–Crippen MR) is 76.5 cm³/mol. The molecule has 1 spiro atoms. The summed E-state index contributed by atoms with van der Waals surface area (Å²) in [6.45, 7) is 1.20. The summed E-state index contributed by atoms with van der Waals surface area (Å²) in [5.41, 5.74) is 0. The second kappa shape index (κ2) is 5.93. The summed E-state index contributed by atoms with van der Waals surface area (Å²) in [5.74, 6) is 2.68. The second-order valence-corrected chi connectivity index (χ2v) is 7.63. The minimum Gasteiger partial charge on any atom is -0.392 e. The van der Waals surface area contributed by atoms with Crippen LogP contribution in [0.1, 0.15) is 12.8 Å². The third-order valence-electron chi connectivity index (χ3n) is 4.26. The molecule has 3 aliphatic heterocycles. The van der Waals surface area contributed by atoms with Gasteiger partial charge >= 0.3 is 0 Å². The van der Waals surface area contributed by atoms with Crippen LogP contribution in [0, 0.1) is 11.8 Å². The summed E-state index contributed by atoms with van der Waals surface area (Å²) in [6, 6.07) is 0. The first-order valence-corrected chi connectivity index (χ1v) is 9.18. The molecule has 3 rings (SSSR count). The molecule has 0 aromatic heterocycles. The summed E-state index contributed by atoms with van der Waals surface area (Å²) in [6.07, 6.45) is 0.764. The summed E-state index contributed by atoms with van der Waals surface area (Å²) < 4.78 is 11.7. The van der Waals surface area contributed by atoms with Crippen molar-refractivity contribution < 1.29 is 19.4 Å². The van der Waals surface area contributed by atoms with Gasteiger partial charge in [-0.05, 0) is 5.75 Å². The summed E-state index contributed by atoms with van der Waals surface area (Å²) in [7, 11) is 0. The van der Waals surface area contributed by atoms with Crippen molar-refractivity contribution in [2.75, 3.05) is 36.2 Å². The molecule has 0 aromatic rings. The topological polar surface area (TPSA) is 55.8 Å². The van der Waals surface area contributed by atoms with Crippen molar-refractivity contribution >= 4 is 29.3 Å². The smallest absolute Gasteiger partial charge is 0.175 e. The highest BCUT2D eigenvalue weighted by Gasteiger charge is 2.51. The molecule has 1 N–H and O–H groups in total. The number of hydrogen-bond acceptors (Lipinski definition) is 6. The molecule has 0 aromatic carbocycles. The zero-order valence-electron chi connectivity index (χ0n) is 10.9. The minimum absolute atomic E-state index is 0.0820. The predicted octanol–water partition coefficient (Wildman–Crippen LogP) is 1.17. The Morgan fingerprint density at radius 2 is 1.95 bits per heavy atom. The van der Waals surface area contributed by atoms with Crippen LogP contribution in [0.4, 0.5) is 0 Å². The minimum atomic E-state index is -0.633. The Morgan fingerprint density at radius 1 is 1.21 bits per heavy atom. The highest BCUT2D eigenvalue weighted by Crippen LogP contribution is 2.43. The Bertz CT molecular complexity index is 344. The number of hydrogen-bond donors (Lipinski definition) is 1. The van der Waals surface area contributed by atoms with E-state index in [0.29, 0.717) is 19.6 Å². The highest BCUT2D eigenvalue weighted by molar-refractivity contribution is 7.99. The molecule has 108 valence electrons. The number of carbonyl (C=O) groups is 1. The van der Waals surface area contributed by atoms with Gasteiger partial charge in [-0.3, -0.25) is 4.79 Å². The molecule has 0 bridgehead atoms. The van der Waals surface area contributed by atoms with Crippen molar-refractivity contribution in [1.29, 1.82) is 0 Å². The Kier molecular flexibility index (Phi) is 4.43. The van der Waals surface area contributed by atoms with E-state index in [9.17, 15) is 9.90 Å². The van der Waals surface area contributed by atoms with Crippen LogP contribution in [0.5, 0.6) is 0 Å². The van der Waals surface area contributed by atoms with E-state index >= 15 is 0 Å². The summed E-state index contributed by atoms with van der Waals surface area (Å²) in [4.78, 5) is 12.0. The number of ketones is 1. The van der Waals surface area contributed by atoms with Crippen molar-refractivity contribution in [3.05, 3.63) is 0 Å². The lowest BCUT2D eigenvalue weighted by atomic mass is 9.82. The number of Topliss-reactive ketones (excluding diaryl/α,β-unsaturated/α-hetero) is 1. The molecule has 3 fully saturated rings. The third kappa shape index (κ3) is 2.70. The van der Waals surface area contributed by atoms with Crippen molar-refractivity contribution in [2.24, 2.45) is 11.8 Å². The zero-order chi connectivity index (χ0) is 13.3. The van der Waals surface area contributed by atoms with Crippen molar-refractivity contribution in [3.8, 4) is 0 Å². The molecule has 3 atom stereocenters. The molecule has 0 aliphatic carbocycles. The number of carbonyl (C=O) groups excluding carboxylic acids is 1. The standard InChI is InChI=1S/C13H20O4S2/c14-11-1-5-18-7-9(11)12(15)10-8-19-6-2-13(10)16-3-4-17-13/h9-10,12,15H,1-8H2/t9-,10+,12-/m1/s1. The maximum Gasteiger partial charge on any atom is 0.175 e. The quantitative estimate of drug-likeness (QED) is 0.826. The van der Waals surface area contributed by atoms with Gasteiger partial charge in [-0.1, -0.05) is 0 Å². The first kappa shape index (κ1) is 14.2. The molecule has 4 nitrogen and oxygen atoms in total. The van der Waals surface area contributed by atoms with E-state index < -0.39 is 11.9 Å². The van der Waals surface area contributed by atoms with Crippen LogP contribution in [0.25, 0.3) is 0 Å². The van der Waals surface area contributed by atoms with Crippen LogP contribution < -0.4 is 0 Å². The normalized spacial score (nSPS) is 36.6. The first-order valence-electron chi connectivity index (χ1n) is 6.87. The van der Waals surface area contributed by atoms with Gasteiger partial charge in [-0.25, -0.2) is 0 Å². The fourth-order valence-corrected chi connectivity index (χ4v) is 5.61. The van der Waals surface area contributed by atoms with Gasteiger partial charge in [0, 0.05) is 36.0 Å². The molecule has 3 saturated heterocycles. The van der Waals surface area contributed by atoms with Gasteiger partial charge in [0.05, 0.1) is 25.2 Å². The van der Waals surface area contributed by atoms with Crippen molar-refractivity contribution in [2.45, 2.75) is 24.7 Å². The van der Waals surface area contributed by atoms with E-state index in [1.165, 1.54) is 0 Å². The molecule has 19 heavy (non-hydrogen) atoms. The zero-order valence-corrected chi connectivity index (χ0v) is 12.5. The number of aliphatic hydroxyl groups is 1. The maximum atomic E-state index is 12.0. The summed E-state index contributed by atoms with van der Waals surface area (Å²) in [5, 5.41) is 10.7. The van der Waals surface area contributed by atoms with Gasteiger partial charge in [0.1, 0.15) is 5.78 Å². The largest absolute Gasteiger partial charge is 0.392 e. The van der Waals surface area contributed by atoms with E-state index in [-0.39, 0.29) is 17.6 Å². The van der Waals surface area contributed by atoms with Crippen molar-refractivity contribution in [1.82, 2.24) is 0 Å². The Morgan fingerprint density at radius 3 is 2.68 bits per heavy atom. The molecular formula is C13H20O4S2. The number of rotatable bonds is 2. The fraction of sp³-hybridized carbons (Fsp3) is 0.923. The highest BCUT2D eigenvalue weighted by atomic mass is 32.2. The molecule has 0 amide bonds. The van der Waals surface area contributed by atoms with Gasteiger partial charge in [0.15, 0.2) is 5.79 Å². The molecule has 0 unspecified atom stereocenters. The number of ether oxygens (including phenoxy) is 2. The van der Waals surface area contributed by atoms with Gasteiger partial charge < -0.3 is 14.6 Å². The van der Waals surface area contributed by atoms with Crippen LogP contribution in [0.2, 0.25) is 0 Å².